The fraction of sp³-hybridized carbons (Fsp3) is 0.500. The van der Waals surface area contributed by atoms with Gasteiger partial charge in [-0.25, -0.2) is 14.4 Å². The highest BCUT2D eigenvalue weighted by molar-refractivity contribution is 7.18. The topological polar surface area (TPSA) is 29.0 Å². The van der Waals surface area contributed by atoms with E-state index in [-0.39, 0.29) is 0 Å². The van der Waals surface area contributed by atoms with Gasteiger partial charge in [0.05, 0.1) is 10.2 Å². The Bertz CT molecular complexity index is 532. The Morgan fingerprint density at radius 2 is 2.12 bits per heavy atom. The number of alkyl halides is 1. The molecule has 1 aliphatic rings. The van der Waals surface area contributed by atoms with Gasteiger partial charge < -0.3 is 4.90 Å². The van der Waals surface area contributed by atoms with E-state index in [0.717, 1.165) is 29.1 Å². The summed E-state index contributed by atoms with van der Waals surface area (Å²) in [7, 11) is 0. The molecule has 1 saturated heterocycles. The first-order chi connectivity index (χ1) is 8.25. The second kappa shape index (κ2) is 4.22. The summed E-state index contributed by atoms with van der Waals surface area (Å²) in [5.74, 6) is 0.972. The maximum atomic E-state index is 13.1. The Morgan fingerprint density at radius 1 is 1.35 bits per heavy atom. The zero-order valence-electron chi connectivity index (χ0n) is 9.69. The van der Waals surface area contributed by atoms with Crippen LogP contribution in [0.2, 0.25) is 0 Å². The number of anilines is 1. The summed E-state index contributed by atoms with van der Waals surface area (Å²) in [4.78, 5) is 10.9. The summed E-state index contributed by atoms with van der Waals surface area (Å²) in [5.41, 5.74) is 2.22. The van der Waals surface area contributed by atoms with Gasteiger partial charge in [-0.15, -0.1) is 11.3 Å². The molecule has 3 heterocycles. The third-order valence-electron chi connectivity index (χ3n) is 3.24. The number of hydrogen-bond donors (Lipinski definition) is 0. The maximum absolute atomic E-state index is 13.1. The summed E-state index contributed by atoms with van der Waals surface area (Å²) < 4.78 is 14.3. The quantitative estimate of drug-likeness (QED) is 0.780. The fourth-order valence-corrected chi connectivity index (χ4v) is 3.26. The lowest BCUT2D eigenvalue weighted by Gasteiger charge is -2.29. The Labute approximate surface area is 103 Å². The van der Waals surface area contributed by atoms with Crippen molar-refractivity contribution in [3.8, 4) is 0 Å². The van der Waals surface area contributed by atoms with Crippen LogP contribution in [0.1, 0.15) is 18.4 Å². The molecule has 17 heavy (non-hydrogen) atoms. The molecule has 3 nitrogen and oxygen atoms in total. The summed E-state index contributed by atoms with van der Waals surface area (Å²) in [6.07, 6.45) is 2.18. The molecule has 0 atom stereocenters. The third-order valence-corrected chi connectivity index (χ3v) is 4.32. The van der Waals surface area contributed by atoms with Crippen molar-refractivity contribution in [2.75, 3.05) is 18.0 Å². The molecular formula is C12H14FN3S. The van der Waals surface area contributed by atoms with Gasteiger partial charge in [0.25, 0.3) is 0 Å². The van der Waals surface area contributed by atoms with Gasteiger partial charge in [-0.05, 0) is 30.7 Å². The largest absolute Gasteiger partial charge is 0.355 e. The van der Waals surface area contributed by atoms with Crippen LogP contribution < -0.4 is 4.90 Å². The zero-order valence-corrected chi connectivity index (χ0v) is 10.5. The molecule has 0 aliphatic carbocycles. The molecule has 0 N–H and O–H groups in total. The molecule has 0 amide bonds. The van der Waals surface area contributed by atoms with Gasteiger partial charge in [-0.3, -0.25) is 0 Å². The van der Waals surface area contributed by atoms with Crippen LogP contribution in [0.25, 0.3) is 10.2 Å². The van der Waals surface area contributed by atoms with E-state index in [9.17, 15) is 4.39 Å². The van der Waals surface area contributed by atoms with Crippen molar-refractivity contribution in [1.82, 2.24) is 9.97 Å². The van der Waals surface area contributed by atoms with Crippen molar-refractivity contribution in [1.29, 1.82) is 0 Å². The standard InChI is InChI=1S/C12H14FN3S/c1-8-6-17-11-10(8)14-7-15-12(11)16-4-2-9(13)3-5-16/h6-7,9H,2-5H2,1H3. The minimum absolute atomic E-state index is 0.607. The minimum atomic E-state index is -0.645. The number of thiophene rings is 1. The molecule has 2 aromatic heterocycles. The Hall–Kier alpha value is -1.23. The first kappa shape index (κ1) is 10.9. The van der Waals surface area contributed by atoms with E-state index in [2.05, 4.69) is 27.2 Å². The summed E-state index contributed by atoms with van der Waals surface area (Å²) >= 11 is 1.67. The van der Waals surface area contributed by atoms with Gasteiger partial charge in [0.2, 0.25) is 0 Å². The molecule has 0 radical (unpaired) electrons. The van der Waals surface area contributed by atoms with E-state index < -0.39 is 6.17 Å². The number of hydrogen-bond acceptors (Lipinski definition) is 4. The molecule has 1 fully saturated rings. The van der Waals surface area contributed by atoms with E-state index in [1.807, 2.05) is 0 Å². The molecule has 2 aromatic rings. The van der Waals surface area contributed by atoms with Crippen LogP contribution in [0.5, 0.6) is 0 Å². The first-order valence-electron chi connectivity index (χ1n) is 5.83. The highest BCUT2D eigenvalue weighted by Gasteiger charge is 2.21. The molecule has 0 bridgehead atoms. The SMILES string of the molecule is Cc1csc2c(N3CCC(F)CC3)ncnc12. The van der Waals surface area contributed by atoms with Crippen LogP contribution in [0, 0.1) is 6.92 Å². The number of aryl methyl sites for hydroxylation is 1. The van der Waals surface area contributed by atoms with E-state index in [1.54, 1.807) is 17.7 Å². The molecule has 1 aliphatic heterocycles. The van der Waals surface area contributed by atoms with Crippen LogP contribution in [0.3, 0.4) is 0 Å². The molecule has 5 heteroatoms. The smallest absolute Gasteiger partial charge is 0.150 e. The van der Waals surface area contributed by atoms with Gasteiger partial charge in [0.15, 0.2) is 0 Å². The molecule has 0 saturated carbocycles. The number of rotatable bonds is 1. The Morgan fingerprint density at radius 3 is 2.88 bits per heavy atom. The van der Waals surface area contributed by atoms with Crippen LogP contribution >= 0.6 is 11.3 Å². The second-order valence-electron chi connectivity index (χ2n) is 4.46. The lowest BCUT2D eigenvalue weighted by atomic mass is 10.1. The molecule has 0 spiro atoms. The van der Waals surface area contributed by atoms with Crippen molar-refractivity contribution < 1.29 is 4.39 Å². The molecule has 0 unspecified atom stereocenters. The highest BCUT2D eigenvalue weighted by atomic mass is 32.1. The summed E-state index contributed by atoms with van der Waals surface area (Å²) in [6.45, 7) is 3.57. The average molecular weight is 251 g/mol. The lowest BCUT2D eigenvalue weighted by Crippen LogP contribution is -2.34. The molecule has 0 aromatic carbocycles. The Balaban J connectivity index is 2.00. The maximum Gasteiger partial charge on any atom is 0.150 e. The minimum Gasteiger partial charge on any atom is -0.355 e. The van der Waals surface area contributed by atoms with E-state index in [1.165, 1.54) is 5.56 Å². The summed E-state index contributed by atoms with van der Waals surface area (Å²) in [6, 6.07) is 0. The van der Waals surface area contributed by atoms with Gasteiger partial charge in [-0.1, -0.05) is 0 Å². The van der Waals surface area contributed by atoms with E-state index in [0.29, 0.717) is 12.8 Å². The molecule has 90 valence electrons. The van der Waals surface area contributed by atoms with Crippen molar-refractivity contribution in [3.63, 3.8) is 0 Å². The van der Waals surface area contributed by atoms with Gasteiger partial charge in [-0.2, -0.15) is 0 Å². The third kappa shape index (κ3) is 1.88. The van der Waals surface area contributed by atoms with Crippen molar-refractivity contribution in [3.05, 3.63) is 17.3 Å². The summed E-state index contributed by atoms with van der Waals surface area (Å²) in [5, 5.41) is 2.10. The number of fused-ring (bicyclic) bond motifs is 1. The number of nitrogens with zero attached hydrogens (tertiary/aromatic N) is 3. The normalized spacial score (nSPS) is 17.9. The highest BCUT2D eigenvalue weighted by Crippen LogP contribution is 2.32. The number of halogens is 1. The Kier molecular flexibility index (Phi) is 2.70. The van der Waals surface area contributed by atoms with Crippen LogP contribution in [0.15, 0.2) is 11.7 Å². The second-order valence-corrected chi connectivity index (χ2v) is 5.34. The van der Waals surface area contributed by atoms with Crippen molar-refractivity contribution >= 4 is 27.4 Å². The van der Waals surface area contributed by atoms with Gasteiger partial charge >= 0.3 is 0 Å². The molecular weight excluding hydrogens is 237 g/mol. The fourth-order valence-electron chi connectivity index (χ4n) is 2.24. The van der Waals surface area contributed by atoms with Crippen LogP contribution in [-0.2, 0) is 0 Å². The van der Waals surface area contributed by atoms with Crippen molar-refractivity contribution in [2.24, 2.45) is 0 Å². The predicted molar refractivity (Wildman–Crippen MR) is 68.5 cm³/mol. The number of piperidine rings is 1. The number of aromatic nitrogens is 2. The average Bonchev–Trinajstić information content (AvgIpc) is 2.73. The monoisotopic (exact) mass is 251 g/mol. The van der Waals surface area contributed by atoms with E-state index >= 15 is 0 Å². The molecule has 3 rings (SSSR count). The first-order valence-corrected chi connectivity index (χ1v) is 6.71. The van der Waals surface area contributed by atoms with Gasteiger partial charge in [0.1, 0.15) is 18.3 Å². The predicted octanol–water partition coefficient (Wildman–Crippen LogP) is 2.94. The van der Waals surface area contributed by atoms with E-state index in [4.69, 9.17) is 0 Å². The van der Waals surface area contributed by atoms with Crippen molar-refractivity contribution in [2.45, 2.75) is 25.9 Å². The van der Waals surface area contributed by atoms with Crippen LogP contribution in [0.4, 0.5) is 10.2 Å². The zero-order chi connectivity index (χ0) is 11.8. The van der Waals surface area contributed by atoms with Crippen LogP contribution in [-0.4, -0.2) is 29.2 Å². The van der Waals surface area contributed by atoms with Gasteiger partial charge in [0, 0.05) is 13.1 Å². The lowest BCUT2D eigenvalue weighted by molar-refractivity contribution is 0.277.